The Hall–Kier alpha value is -3.16. The number of methoxy groups -OCH3 is 1. The highest BCUT2D eigenvalue weighted by atomic mass is 35.5. The summed E-state index contributed by atoms with van der Waals surface area (Å²) in [7, 11) is 1.51. The van der Waals surface area contributed by atoms with Crippen LogP contribution in [0, 0.1) is 11.2 Å². The Morgan fingerprint density at radius 2 is 1.80 bits per heavy atom. The maximum Gasteiger partial charge on any atom is 0.401 e. The first-order valence-corrected chi connectivity index (χ1v) is 13.4. The Labute approximate surface area is 232 Å². The second kappa shape index (κ2) is 9.18. The van der Waals surface area contributed by atoms with Crippen molar-refractivity contribution in [2.75, 3.05) is 62.7 Å². The van der Waals surface area contributed by atoms with Gasteiger partial charge in [0.15, 0.2) is 17.4 Å². The summed E-state index contributed by atoms with van der Waals surface area (Å²) in [4.78, 5) is 12.1. The number of likely N-dealkylation sites (tertiary alicyclic amines) is 1. The zero-order chi connectivity index (χ0) is 27.8. The van der Waals surface area contributed by atoms with Crippen molar-refractivity contribution in [3.63, 3.8) is 0 Å². The minimum absolute atomic E-state index is 0.00817. The fourth-order valence-electron chi connectivity index (χ4n) is 6.45. The quantitative estimate of drug-likeness (QED) is 0.427. The van der Waals surface area contributed by atoms with Crippen LogP contribution in [-0.4, -0.2) is 94.7 Å². The van der Waals surface area contributed by atoms with Gasteiger partial charge in [0.2, 0.25) is 5.95 Å². The third-order valence-corrected chi connectivity index (χ3v) is 8.51. The molecule has 0 N–H and O–H groups in total. The lowest BCUT2D eigenvalue weighted by molar-refractivity contribution is -0.161. The maximum atomic E-state index is 13.6. The van der Waals surface area contributed by atoms with Crippen molar-refractivity contribution < 1.29 is 22.3 Å². The van der Waals surface area contributed by atoms with Crippen LogP contribution >= 0.6 is 11.6 Å². The van der Waals surface area contributed by atoms with E-state index in [1.165, 1.54) is 24.3 Å². The number of halogens is 5. The van der Waals surface area contributed by atoms with Gasteiger partial charge in [0, 0.05) is 68.4 Å². The molecule has 3 saturated heterocycles. The van der Waals surface area contributed by atoms with Crippen molar-refractivity contribution >= 4 is 23.4 Å². The van der Waals surface area contributed by atoms with Gasteiger partial charge in [0.25, 0.3) is 0 Å². The highest BCUT2D eigenvalue weighted by molar-refractivity contribution is 6.30. The first-order chi connectivity index (χ1) is 19.1. The average molecular weight is 579 g/mol. The van der Waals surface area contributed by atoms with Crippen LogP contribution in [0.2, 0.25) is 5.02 Å². The van der Waals surface area contributed by atoms with Crippen LogP contribution < -0.4 is 14.5 Å². The highest BCUT2D eigenvalue weighted by Gasteiger charge is 2.54. The summed E-state index contributed by atoms with van der Waals surface area (Å²) in [5, 5.41) is 9.68. The highest BCUT2D eigenvalue weighted by Crippen LogP contribution is 2.45. The summed E-state index contributed by atoms with van der Waals surface area (Å²) in [5.74, 6) is 2.12. The lowest BCUT2D eigenvalue weighted by atomic mass is 9.73. The predicted molar refractivity (Wildman–Crippen MR) is 140 cm³/mol. The van der Waals surface area contributed by atoms with E-state index in [9.17, 15) is 17.6 Å². The van der Waals surface area contributed by atoms with Crippen molar-refractivity contribution in [2.45, 2.75) is 25.3 Å². The van der Waals surface area contributed by atoms with E-state index >= 15 is 0 Å². The molecule has 7 rings (SSSR count). The number of hydrogen-bond acceptors (Lipinski definition) is 8. The van der Waals surface area contributed by atoms with E-state index in [0.29, 0.717) is 42.8 Å². The number of benzene rings is 1. The number of hydrogen-bond donors (Lipinski definition) is 0. The fourth-order valence-corrected chi connectivity index (χ4v) is 6.64. The molecule has 3 fully saturated rings. The normalized spacial score (nSPS) is 20.9. The van der Waals surface area contributed by atoms with E-state index in [0.717, 1.165) is 49.2 Å². The van der Waals surface area contributed by atoms with Gasteiger partial charge >= 0.3 is 6.18 Å². The minimum Gasteiger partial charge on any atom is -0.493 e. The largest absolute Gasteiger partial charge is 0.493 e. The SMILES string of the molecule is COc1cc(F)cnc1N1CC2(C1)CN(c1nnc3n1-c1ccc(Cl)cc1CN(C1CN(CC(F)(F)F)C1)C3)C2. The van der Waals surface area contributed by atoms with E-state index < -0.39 is 18.5 Å². The minimum atomic E-state index is -4.20. The molecule has 4 aliphatic rings. The molecule has 0 radical (unpaired) electrons. The first-order valence-electron chi connectivity index (χ1n) is 13.1. The van der Waals surface area contributed by atoms with Gasteiger partial charge in [-0.1, -0.05) is 11.6 Å². The molecule has 0 amide bonds. The Morgan fingerprint density at radius 3 is 2.52 bits per heavy atom. The van der Waals surface area contributed by atoms with Gasteiger partial charge in [0.05, 0.1) is 32.1 Å². The summed E-state index contributed by atoms with van der Waals surface area (Å²) in [6.45, 7) is 3.98. The number of anilines is 2. The molecule has 212 valence electrons. The lowest BCUT2D eigenvalue weighted by Crippen LogP contribution is -2.73. The predicted octanol–water partition coefficient (Wildman–Crippen LogP) is 3.35. The lowest BCUT2D eigenvalue weighted by Gasteiger charge is -2.60. The first kappa shape index (κ1) is 25.8. The fraction of sp³-hybridized carbons (Fsp3) is 0.500. The number of rotatable bonds is 5. The van der Waals surface area contributed by atoms with Crippen LogP contribution in [0.25, 0.3) is 5.69 Å². The number of nitrogens with zero attached hydrogens (tertiary/aromatic N) is 8. The molecular formula is C26H27ClF4N8O. The molecule has 1 spiro atoms. The van der Waals surface area contributed by atoms with Gasteiger partial charge in [-0.25, -0.2) is 9.37 Å². The van der Waals surface area contributed by atoms with Crippen LogP contribution in [0.4, 0.5) is 29.3 Å². The molecule has 0 saturated carbocycles. The van der Waals surface area contributed by atoms with Crippen LogP contribution in [0.15, 0.2) is 30.5 Å². The van der Waals surface area contributed by atoms with Crippen molar-refractivity contribution in [3.8, 4) is 11.4 Å². The van der Waals surface area contributed by atoms with Crippen molar-refractivity contribution in [1.29, 1.82) is 0 Å². The van der Waals surface area contributed by atoms with Crippen LogP contribution in [-0.2, 0) is 13.1 Å². The standard InChI is InChI=1S/C26H27ClF4N8O/c1-40-21-5-18(28)6-32-23(21)37-11-25(12-37)13-38(14-25)24-34-33-22-10-36(19-8-35(9-19)15-26(29,30)31)7-16-4-17(27)2-3-20(16)39(22)24/h2-6,19H,7-15H2,1H3. The van der Waals surface area contributed by atoms with Gasteiger partial charge in [-0.15, -0.1) is 10.2 Å². The Morgan fingerprint density at radius 1 is 1.05 bits per heavy atom. The number of alkyl halides is 3. The maximum absolute atomic E-state index is 13.6. The van der Waals surface area contributed by atoms with Crippen molar-refractivity contribution in [2.24, 2.45) is 5.41 Å². The van der Waals surface area contributed by atoms with Gasteiger partial charge in [-0.3, -0.25) is 14.4 Å². The molecule has 6 heterocycles. The smallest absolute Gasteiger partial charge is 0.401 e. The molecule has 0 aliphatic carbocycles. The molecule has 0 bridgehead atoms. The summed E-state index contributed by atoms with van der Waals surface area (Å²) in [5.41, 5.74) is 1.99. The van der Waals surface area contributed by atoms with E-state index in [1.54, 1.807) is 0 Å². The van der Waals surface area contributed by atoms with E-state index in [1.807, 2.05) is 18.2 Å². The van der Waals surface area contributed by atoms with Gasteiger partial charge in [0.1, 0.15) is 5.82 Å². The molecule has 2 aromatic heterocycles. The third-order valence-electron chi connectivity index (χ3n) is 8.28. The molecule has 3 aromatic rings. The van der Waals surface area contributed by atoms with E-state index in [-0.39, 0.29) is 11.5 Å². The topological polar surface area (TPSA) is 65.8 Å². The number of fused-ring (bicyclic) bond motifs is 3. The van der Waals surface area contributed by atoms with Gasteiger partial charge < -0.3 is 14.5 Å². The zero-order valence-electron chi connectivity index (χ0n) is 21.7. The number of ether oxygens (including phenoxy) is 1. The molecular weight excluding hydrogens is 552 g/mol. The molecule has 0 atom stereocenters. The van der Waals surface area contributed by atoms with Gasteiger partial charge in [-0.05, 0) is 23.8 Å². The molecule has 9 nitrogen and oxygen atoms in total. The summed E-state index contributed by atoms with van der Waals surface area (Å²) in [6, 6.07) is 7.05. The molecule has 0 unspecified atom stereocenters. The summed E-state index contributed by atoms with van der Waals surface area (Å²) >= 11 is 6.36. The Balaban J connectivity index is 1.08. The Bertz CT molecular complexity index is 1440. The second-order valence-electron chi connectivity index (χ2n) is 11.3. The molecule has 4 aliphatic heterocycles. The van der Waals surface area contributed by atoms with Crippen LogP contribution in [0.1, 0.15) is 11.4 Å². The second-order valence-corrected chi connectivity index (χ2v) is 11.7. The molecule has 1 aromatic carbocycles. The molecule has 40 heavy (non-hydrogen) atoms. The zero-order valence-corrected chi connectivity index (χ0v) is 22.5. The van der Waals surface area contributed by atoms with Crippen LogP contribution in [0.3, 0.4) is 0 Å². The monoisotopic (exact) mass is 578 g/mol. The van der Waals surface area contributed by atoms with Gasteiger partial charge in [-0.2, -0.15) is 13.2 Å². The number of pyridine rings is 1. The molecule has 14 heteroatoms. The average Bonchev–Trinajstić information content (AvgIpc) is 3.14. The summed E-state index contributed by atoms with van der Waals surface area (Å²) < 4.78 is 59.5. The number of aromatic nitrogens is 4. The van der Waals surface area contributed by atoms with Crippen molar-refractivity contribution in [1.82, 2.24) is 29.5 Å². The van der Waals surface area contributed by atoms with E-state index in [4.69, 9.17) is 16.3 Å². The van der Waals surface area contributed by atoms with Crippen molar-refractivity contribution in [3.05, 3.63) is 52.7 Å². The summed E-state index contributed by atoms with van der Waals surface area (Å²) in [6.07, 6.45) is -3.00. The van der Waals surface area contributed by atoms with Crippen LogP contribution in [0.5, 0.6) is 5.75 Å². The van der Waals surface area contributed by atoms with E-state index in [2.05, 4.69) is 34.4 Å². The third kappa shape index (κ3) is 4.44. The Kier molecular flexibility index (Phi) is 5.92.